The summed E-state index contributed by atoms with van der Waals surface area (Å²) < 4.78 is 0. The molecule has 1 aliphatic rings. The van der Waals surface area contributed by atoms with Gasteiger partial charge in [-0.15, -0.1) is 0 Å². The summed E-state index contributed by atoms with van der Waals surface area (Å²) in [5, 5.41) is 2.29. The summed E-state index contributed by atoms with van der Waals surface area (Å²) in [6.45, 7) is 5.43. The van der Waals surface area contributed by atoms with E-state index in [0.29, 0.717) is 0 Å². The zero-order chi connectivity index (χ0) is 17.2. The van der Waals surface area contributed by atoms with Gasteiger partial charge in [0.25, 0.3) is 5.91 Å². The van der Waals surface area contributed by atoms with Gasteiger partial charge in [0.15, 0.2) is 0 Å². The Hall–Kier alpha value is -2.81. The van der Waals surface area contributed by atoms with Gasteiger partial charge in [0.2, 0.25) is 0 Å². The van der Waals surface area contributed by atoms with E-state index in [1.807, 2.05) is 35.2 Å². The molecule has 25 heavy (non-hydrogen) atoms. The fourth-order valence-corrected chi connectivity index (χ4v) is 3.57. The molecule has 1 amide bonds. The Balaban J connectivity index is 1.48. The molecular weight excluding hydrogens is 308 g/mol. The number of anilines is 1. The van der Waals surface area contributed by atoms with Gasteiger partial charge in [-0.3, -0.25) is 4.79 Å². The number of piperazine rings is 1. The minimum absolute atomic E-state index is 0.134. The van der Waals surface area contributed by atoms with Crippen LogP contribution < -0.4 is 4.90 Å². The van der Waals surface area contributed by atoms with Gasteiger partial charge >= 0.3 is 0 Å². The highest BCUT2D eigenvalue weighted by Gasteiger charge is 2.23. The fourth-order valence-electron chi connectivity index (χ4n) is 3.57. The zero-order valence-electron chi connectivity index (χ0n) is 14.5. The van der Waals surface area contributed by atoms with Crippen molar-refractivity contribution in [3.63, 3.8) is 0 Å². The van der Waals surface area contributed by atoms with Gasteiger partial charge in [-0.2, -0.15) is 0 Å². The van der Waals surface area contributed by atoms with Crippen molar-refractivity contribution in [2.75, 3.05) is 31.1 Å². The summed E-state index contributed by atoms with van der Waals surface area (Å²) in [6.07, 6.45) is 0. The van der Waals surface area contributed by atoms with E-state index in [-0.39, 0.29) is 5.91 Å². The van der Waals surface area contributed by atoms with Crippen molar-refractivity contribution in [2.24, 2.45) is 0 Å². The molecule has 0 bridgehead atoms. The van der Waals surface area contributed by atoms with Gasteiger partial charge in [0.05, 0.1) is 0 Å². The van der Waals surface area contributed by atoms with E-state index in [1.54, 1.807) is 0 Å². The van der Waals surface area contributed by atoms with Crippen LogP contribution in [0.4, 0.5) is 5.69 Å². The lowest BCUT2D eigenvalue weighted by molar-refractivity contribution is 0.0747. The highest BCUT2D eigenvalue weighted by Crippen LogP contribution is 2.22. The van der Waals surface area contributed by atoms with Crippen LogP contribution in [0.3, 0.4) is 0 Å². The number of amides is 1. The topological polar surface area (TPSA) is 23.6 Å². The van der Waals surface area contributed by atoms with Crippen molar-refractivity contribution >= 4 is 22.4 Å². The largest absolute Gasteiger partial charge is 0.368 e. The molecule has 3 nitrogen and oxygen atoms in total. The molecule has 0 unspecified atom stereocenters. The summed E-state index contributed by atoms with van der Waals surface area (Å²) in [6, 6.07) is 22.6. The summed E-state index contributed by atoms with van der Waals surface area (Å²) in [7, 11) is 0. The first-order valence-electron chi connectivity index (χ1n) is 8.81. The third kappa shape index (κ3) is 3.10. The number of hydrogen-bond donors (Lipinski definition) is 0. The predicted octanol–water partition coefficient (Wildman–Crippen LogP) is 4.11. The third-order valence-corrected chi connectivity index (χ3v) is 5.02. The Kier molecular flexibility index (Phi) is 4.14. The van der Waals surface area contributed by atoms with Crippen molar-refractivity contribution in [2.45, 2.75) is 6.92 Å². The van der Waals surface area contributed by atoms with Crippen molar-refractivity contribution < 1.29 is 4.79 Å². The first-order valence-corrected chi connectivity index (χ1v) is 8.81. The molecule has 0 saturated carbocycles. The summed E-state index contributed by atoms with van der Waals surface area (Å²) in [4.78, 5) is 17.2. The van der Waals surface area contributed by atoms with E-state index in [4.69, 9.17) is 0 Å². The summed E-state index contributed by atoms with van der Waals surface area (Å²) in [5.41, 5.74) is 3.35. The summed E-state index contributed by atoms with van der Waals surface area (Å²) >= 11 is 0. The molecule has 0 atom stereocenters. The maximum Gasteiger partial charge on any atom is 0.253 e. The highest BCUT2D eigenvalue weighted by atomic mass is 16.2. The average Bonchev–Trinajstić information content (AvgIpc) is 2.67. The molecule has 0 spiro atoms. The second kappa shape index (κ2) is 6.60. The minimum atomic E-state index is 0.134. The van der Waals surface area contributed by atoms with Gasteiger partial charge in [0.1, 0.15) is 0 Å². The lowest BCUT2D eigenvalue weighted by atomic mass is 10.1. The fraction of sp³-hybridized carbons (Fsp3) is 0.227. The van der Waals surface area contributed by atoms with E-state index < -0.39 is 0 Å². The number of benzene rings is 3. The second-order valence-corrected chi connectivity index (χ2v) is 6.63. The van der Waals surface area contributed by atoms with Crippen LogP contribution in [0.1, 0.15) is 15.9 Å². The van der Waals surface area contributed by atoms with Crippen LogP contribution in [0.25, 0.3) is 10.8 Å². The Bertz CT molecular complexity index is 911. The van der Waals surface area contributed by atoms with Crippen LogP contribution in [0.15, 0.2) is 66.7 Å². The Morgan fingerprint density at radius 2 is 1.48 bits per heavy atom. The molecule has 1 aliphatic heterocycles. The quantitative estimate of drug-likeness (QED) is 0.706. The number of rotatable bonds is 2. The van der Waals surface area contributed by atoms with Crippen molar-refractivity contribution in [1.82, 2.24) is 4.90 Å². The molecule has 4 rings (SSSR count). The first-order chi connectivity index (χ1) is 12.2. The number of aryl methyl sites for hydroxylation is 1. The normalized spacial score (nSPS) is 14.8. The molecular formula is C22H22N2O. The Morgan fingerprint density at radius 3 is 2.24 bits per heavy atom. The van der Waals surface area contributed by atoms with E-state index in [9.17, 15) is 4.79 Å². The Morgan fingerprint density at radius 1 is 0.800 bits per heavy atom. The lowest BCUT2D eigenvalue weighted by Gasteiger charge is -2.36. The van der Waals surface area contributed by atoms with Gasteiger partial charge < -0.3 is 9.80 Å². The zero-order valence-corrected chi connectivity index (χ0v) is 14.5. The van der Waals surface area contributed by atoms with Gasteiger partial charge in [-0.1, -0.05) is 48.5 Å². The monoisotopic (exact) mass is 330 g/mol. The molecule has 1 heterocycles. The van der Waals surface area contributed by atoms with Gasteiger partial charge in [-0.25, -0.2) is 0 Å². The van der Waals surface area contributed by atoms with Crippen molar-refractivity contribution in [3.05, 3.63) is 77.9 Å². The maximum absolute atomic E-state index is 12.9. The average molecular weight is 330 g/mol. The van der Waals surface area contributed by atoms with E-state index in [1.165, 1.54) is 16.6 Å². The van der Waals surface area contributed by atoms with E-state index >= 15 is 0 Å². The van der Waals surface area contributed by atoms with Crippen LogP contribution in [0.5, 0.6) is 0 Å². The lowest BCUT2D eigenvalue weighted by Crippen LogP contribution is -2.49. The van der Waals surface area contributed by atoms with E-state index in [0.717, 1.165) is 37.1 Å². The molecule has 0 N–H and O–H groups in total. The molecule has 1 saturated heterocycles. The number of carbonyl (C=O) groups is 1. The van der Waals surface area contributed by atoms with E-state index in [2.05, 4.69) is 48.2 Å². The van der Waals surface area contributed by atoms with Crippen LogP contribution in [0, 0.1) is 6.92 Å². The van der Waals surface area contributed by atoms with Gasteiger partial charge in [-0.05, 0) is 41.5 Å². The highest BCUT2D eigenvalue weighted by molar-refractivity contribution is 5.98. The number of hydrogen-bond acceptors (Lipinski definition) is 2. The first kappa shape index (κ1) is 15.7. The number of para-hydroxylation sites is 1. The van der Waals surface area contributed by atoms with Crippen LogP contribution >= 0.6 is 0 Å². The van der Waals surface area contributed by atoms with Gasteiger partial charge in [0, 0.05) is 37.4 Å². The van der Waals surface area contributed by atoms with Crippen LogP contribution in [0.2, 0.25) is 0 Å². The van der Waals surface area contributed by atoms with Crippen LogP contribution in [-0.2, 0) is 0 Å². The molecule has 3 aromatic carbocycles. The molecule has 0 aliphatic carbocycles. The third-order valence-electron chi connectivity index (χ3n) is 5.02. The number of fused-ring (bicyclic) bond motifs is 1. The van der Waals surface area contributed by atoms with Crippen molar-refractivity contribution in [3.8, 4) is 0 Å². The maximum atomic E-state index is 12.9. The summed E-state index contributed by atoms with van der Waals surface area (Å²) in [5.74, 6) is 0.134. The second-order valence-electron chi connectivity index (χ2n) is 6.63. The van der Waals surface area contributed by atoms with Crippen LogP contribution in [-0.4, -0.2) is 37.0 Å². The number of carbonyl (C=O) groups excluding carboxylic acids is 1. The molecule has 3 heteroatoms. The van der Waals surface area contributed by atoms with Crippen molar-refractivity contribution in [1.29, 1.82) is 0 Å². The Labute approximate surface area is 148 Å². The molecule has 3 aromatic rings. The standard InChI is InChI=1S/C22H22N2O/c1-17-6-2-5-9-21(17)23-12-14-24(15-13-23)22(25)20-11-10-18-7-3-4-8-19(18)16-20/h2-11,16H,12-15H2,1H3. The number of nitrogens with zero attached hydrogens (tertiary/aromatic N) is 2. The predicted molar refractivity (Wildman–Crippen MR) is 103 cm³/mol. The SMILES string of the molecule is Cc1ccccc1N1CCN(C(=O)c2ccc3ccccc3c2)CC1. The minimum Gasteiger partial charge on any atom is -0.368 e. The molecule has 1 fully saturated rings. The molecule has 0 aromatic heterocycles. The molecule has 0 radical (unpaired) electrons. The molecule has 126 valence electrons. The smallest absolute Gasteiger partial charge is 0.253 e.